The van der Waals surface area contributed by atoms with E-state index in [0.29, 0.717) is 38.7 Å². The van der Waals surface area contributed by atoms with Crippen molar-refractivity contribution < 1.29 is 17.9 Å². The lowest BCUT2D eigenvalue weighted by Gasteiger charge is -2.22. The van der Waals surface area contributed by atoms with E-state index in [-0.39, 0.29) is 0 Å². The minimum Gasteiger partial charge on any atom is -0.383 e. The third kappa shape index (κ3) is 6.22. The fourth-order valence-corrected chi connectivity index (χ4v) is 3.13. The third-order valence-electron chi connectivity index (χ3n) is 4.82. The molecule has 0 aliphatic carbocycles. The summed E-state index contributed by atoms with van der Waals surface area (Å²) in [5.74, 6) is 0.681. The molecule has 0 spiro atoms. The summed E-state index contributed by atoms with van der Waals surface area (Å²) >= 11 is 0. The summed E-state index contributed by atoms with van der Waals surface area (Å²) in [6.45, 7) is 8.80. The van der Waals surface area contributed by atoms with E-state index >= 15 is 0 Å². The van der Waals surface area contributed by atoms with Crippen LogP contribution < -0.4 is 5.32 Å². The van der Waals surface area contributed by atoms with Crippen LogP contribution in [0.5, 0.6) is 0 Å². The summed E-state index contributed by atoms with van der Waals surface area (Å²) in [5, 5.41) is 7.79. The Morgan fingerprint density at radius 1 is 1.23 bits per heavy atom. The van der Waals surface area contributed by atoms with Crippen LogP contribution in [0.1, 0.15) is 35.0 Å². The van der Waals surface area contributed by atoms with Crippen LogP contribution in [0.25, 0.3) is 0 Å². The van der Waals surface area contributed by atoms with Gasteiger partial charge in [-0.1, -0.05) is 12.1 Å². The first-order valence-corrected chi connectivity index (χ1v) is 9.84. The topological polar surface area (TPSA) is 54.7 Å². The lowest BCUT2D eigenvalue weighted by Crippen LogP contribution is -2.38. The molecule has 30 heavy (non-hydrogen) atoms. The summed E-state index contributed by atoms with van der Waals surface area (Å²) in [6.07, 6.45) is -4.33. The number of nitrogens with zero attached hydrogens (tertiary/aromatic N) is 4. The van der Waals surface area contributed by atoms with Crippen molar-refractivity contribution in [3.63, 3.8) is 0 Å². The Morgan fingerprint density at radius 2 is 1.90 bits per heavy atom. The fraction of sp³-hybridized carbons (Fsp3) is 0.524. The van der Waals surface area contributed by atoms with Gasteiger partial charge in [-0.05, 0) is 38.5 Å². The summed E-state index contributed by atoms with van der Waals surface area (Å²) in [5.41, 5.74) is 3.16. The van der Waals surface area contributed by atoms with E-state index in [0.717, 1.165) is 34.6 Å². The van der Waals surface area contributed by atoms with Gasteiger partial charge in [-0.15, -0.1) is 0 Å². The molecule has 1 heterocycles. The third-order valence-corrected chi connectivity index (χ3v) is 4.82. The zero-order valence-corrected chi connectivity index (χ0v) is 18.2. The van der Waals surface area contributed by atoms with Crippen LogP contribution in [0, 0.1) is 13.8 Å². The largest absolute Gasteiger partial charge is 0.416 e. The number of hydrogen-bond donors (Lipinski definition) is 1. The molecule has 0 fully saturated rings. The second-order valence-corrected chi connectivity index (χ2v) is 7.09. The van der Waals surface area contributed by atoms with Gasteiger partial charge in [0.1, 0.15) is 0 Å². The maximum atomic E-state index is 12.8. The first kappa shape index (κ1) is 23.7. The number of aryl methyl sites for hydroxylation is 1. The van der Waals surface area contributed by atoms with Gasteiger partial charge >= 0.3 is 6.18 Å². The molecular weight excluding hydrogens is 395 g/mol. The highest BCUT2D eigenvalue weighted by Gasteiger charge is 2.29. The van der Waals surface area contributed by atoms with Crippen molar-refractivity contribution in [2.45, 2.75) is 46.6 Å². The Kier molecular flexibility index (Phi) is 8.28. The Balaban J connectivity index is 2.13. The average Bonchev–Trinajstić information content (AvgIpc) is 2.96. The number of benzene rings is 1. The molecule has 2 aromatic rings. The van der Waals surface area contributed by atoms with Gasteiger partial charge in [0.15, 0.2) is 5.96 Å². The summed E-state index contributed by atoms with van der Waals surface area (Å²) in [6, 6.07) is 5.21. The summed E-state index contributed by atoms with van der Waals surface area (Å²) in [4.78, 5) is 6.61. The number of alkyl halides is 3. The van der Waals surface area contributed by atoms with Crippen LogP contribution in [0.15, 0.2) is 29.3 Å². The zero-order chi connectivity index (χ0) is 22.3. The first-order chi connectivity index (χ1) is 14.2. The molecule has 1 aromatic carbocycles. The quantitative estimate of drug-likeness (QED) is 0.517. The van der Waals surface area contributed by atoms with E-state index in [1.807, 2.05) is 37.4 Å². The van der Waals surface area contributed by atoms with Crippen molar-refractivity contribution in [2.24, 2.45) is 4.99 Å². The molecule has 166 valence electrons. The molecule has 0 radical (unpaired) electrons. The van der Waals surface area contributed by atoms with E-state index in [1.54, 1.807) is 7.11 Å². The van der Waals surface area contributed by atoms with Gasteiger partial charge in [0, 0.05) is 38.5 Å². The number of hydrogen-bond acceptors (Lipinski definition) is 3. The van der Waals surface area contributed by atoms with Crippen LogP contribution >= 0.6 is 0 Å². The first-order valence-electron chi connectivity index (χ1n) is 9.84. The van der Waals surface area contributed by atoms with E-state index in [4.69, 9.17) is 9.73 Å². The van der Waals surface area contributed by atoms with Gasteiger partial charge < -0.3 is 15.0 Å². The lowest BCUT2D eigenvalue weighted by molar-refractivity contribution is -0.137. The molecule has 0 unspecified atom stereocenters. The van der Waals surface area contributed by atoms with Gasteiger partial charge in [-0.2, -0.15) is 18.3 Å². The molecule has 1 aromatic heterocycles. The molecule has 9 heteroatoms. The monoisotopic (exact) mass is 425 g/mol. The second-order valence-electron chi connectivity index (χ2n) is 7.09. The fourth-order valence-electron chi connectivity index (χ4n) is 3.13. The van der Waals surface area contributed by atoms with Gasteiger partial charge in [0.25, 0.3) is 0 Å². The Bertz CT molecular complexity index is 844. The van der Waals surface area contributed by atoms with Crippen LogP contribution in [0.2, 0.25) is 0 Å². The Hall–Kier alpha value is -2.55. The number of halogens is 3. The Labute approximate surface area is 175 Å². The van der Waals surface area contributed by atoms with Crippen LogP contribution in [0.4, 0.5) is 13.2 Å². The molecule has 0 saturated carbocycles. The predicted octanol–water partition coefficient (Wildman–Crippen LogP) is 3.76. The Morgan fingerprint density at radius 3 is 2.47 bits per heavy atom. The highest BCUT2D eigenvalue weighted by Crippen LogP contribution is 2.29. The molecule has 0 bridgehead atoms. The van der Waals surface area contributed by atoms with Gasteiger partial charge in [0.2, 0.25) is 0 Å². The SMILES string of the molecule is CCNC(=NCc1c(C)nn(CCOC)c1C)N(C)Cc1ccc(C(F)(F)F)cc1. The summed E-state index contributed by atoms with van der Waals surface area (Å²) < 4.78 is 45.3. The molecule has 0 aliphatic rings. The van der Waals surface area contributed by atoms with Crippen LogP contribution in [-0.4, -0.2) is 47.9 Å². The number of methoxy groups -OCH3 is 1. The number of aliphatic imine (C=N–C) groups is 1. The molecule has 0 saturated heterocycles. The van der Waals surface area contributed by atoms with E-state index in [2.05, 4.69) is 10.4 Å². The number of ether oxygens (including phenoxy) is 1. The van der Waals surface area contributed by atoms with Crippen molar-refractivity contribution in [2.75, 3.05) is 27.3 Å². The second kappa shape index (κ2) is 10.5. The van der Waals surface area contributed by atoms with Crippen molar-refractivity contribution >= 4 is 5.96 Å². The minimum absolute atomic E-state index is 0.440. The zero-order valence-electron chi connectivity index (χ0n) is 18.2. The number of aromatic nitrogens is 2. The molecule has 1 N–H and O–H groups in total. The highest BCUT2D eigenvalue weighted by molar-refractivity contribution is 5.79. The van der Waals surface area contributed by atoms with Crippen LogP contribution in [0.3, 0.4) is 0 Å². The van der Waals surface area contributed by atoms with Gasteiger partial charge in [0.05, 0.1) is 31.0 Å². The molecule has 6 nitrogen and oxygen atoms in total. The van der Waals surface area contributed by atoms with Crippen molar-refractivity contribution in [3.8, 4) is 0 Å². The maximum Gasteiger partial charge on any atom is 0.416 e. The van der Waals surface area contributed by atoms with Gasteiger partial charge in [-0.25, -0.2) is 4.99 Å². The normalized spacial score (nSPS) is 12.3. The van der Waals surface area contributed by atoms with Crippen molar-refractivity contribution in [1.82, 2.24) is 20.0 Å². The minimum atomic E-state index is -4.33. The van der Waals surface area contributed by atoms with Gasteiger partial charge in [-0.3, -0.25) is 4.68 Å². The molecule has 0 atom stereocenters. The maximum absolute atomic E-state index is 12.8. The smallest absolute Gasteiger partial charge is 0.383 e. The number of nitrogens with one attached hydrogen (secondary N) is 1. The standard InChI is InChI=1S/C21H30F3N5O/c1-6-25-20(26-13-19-15(2)27-29(16(19)3)11-12-30-5)28(4)14-17-7-9-18(10-8-17)21(22,23)24/h7-10H,6,11-14H2,1-5H3,(H,25,26). The molecular formula is C21H30F3N5O. The molecule has 0 aliphatic heterocycles. The van der Waals surface area contributed by atoms with E-state index in [9.17, 15) is 13.2 Å². The van der Waals surface area contributed by atoms with Crippen molar-refractivity contribution in [1.29, 1.82) is 0 Å². The predicted molar refractivity (Wildman–Crippen MR) is 111 cm³/mol. The number of rotatable bonds is 8. The van der Waals surface area contributed by atoms with Crippen molar-refractivity contribution in [3.05, 3.63) is 52.3 Å². The summed E-state index contributed by atoms with van der Waals surface area (Å²) in [7, 11) is 3.52. The average molecular weight is 425 g/mol. The molecule has 2 rings (SSSR count). The number of guanidine groups is 1. The highest BCUT2D eigenvalue weighted by atomic mass is 19.4. The lowest BCUT2D eigenvalue weighted by atomic mass is 10.1. The molecule has 0 amide bonds. The van der Waals surface area contributed by atoms with Crippen LogP contribution in [-0.2, 0) is 30.5 Å². The van der Waals surface area contributed by atoms with E-state index < -0.39 is 11.7 Å². The van der Waals surface area contributed by atoms with E-state index in [1.165, 1.54) is 12.1 Å².